The van der Waals surface area contributed by atoms with Crippen molar-refractivity contribution < 1.29 is 27.1 Å². The number of fused-ring (bicyclic) bond motifs is 1. The summed E-state index contributed by atoms with van der Waals surface area (Å²) in [5.74, 6) is -0.141. The molecule has 1 amide bonds. The Labute approximate surface area is 170 Å². The Morgan fingerprint density at radius 1 is 1.23 bits per heavy atom. The van der Waals surface area contributed by atoms with E-state index in [-0.39, 0.29) is 31.3 Å². The molecule has 10 heteroatoms. The van der Waals surface area contributed by atoms with Crippen LogP contribution in [-0.4, -0.2) is 32.1 Å². The van der Waals surface area contributed by atoms with E-state index in [4.69, 9.17) is 9.15 Å². The van der Waals surface area contributed by atoms with Gasteiger partial charge < -0.3 is 18.6 Å². The number of furan rings is 1. The minimum absolute atomic E-state index is 0.0444. The molecule has 0 saturated heterocycles. The maximum Gasteiger partial charge on any atom is 0.451 e. The third-order valence-corrected chi connectivity index (χ3v) is 4.94. The molecule has 3 heterocycles. The second-order valence-electron chi connectivity index (χ2n) is 7.08. The van der Waals surface area contributed by atoms with Gasteiger partial charge in [-0.25, -0.2) is 0 Å². The van der Waals surface area contributed by atoms with Gasteiger partial charge in [0.25, 0.3) is 5.91 Å². The summed E-state index contributed by atoms with van der Waals surface area (Å²) in [4.78, 5) is 14.3. The first kappa shape index (κ1) is 20.0. The van der Waals surface area contributed by atoms with Gasteiger partial charge >= 0.3 is 6.18 Å². The monoisotopic (exact) mass is 420 g/mol. The lowest BCUT2D eigenvalue weighted by molar-refractivity contribution is -0.148. The van der Waals surface area contributed by atoms with E-state index in [1.165, 1.54) is 11.0 Å². The van der Waals surface area contributed by atoms with Crippen molar-refractivity contribution in [3.63, 3.8) is 0 Å². The summed E-state index contributed by atoms with van der Waals surface area (Å²) < 4.78 is 51.4. The Kier molecular flexibility index (Phi) is 5.00. The number of halogens is 3. The number of alkyl halides is 3. The second-order valence-corrected chi connectivity index (χ2v) is 7.08. The summed E-state index contributed by atoms with van der Waals surface area (Å²) in [6.45, 7) is 3.76. The number of ether oxygens (including phenoxy) is 1. The highest BCUT2D eigenvalue weighted by molar-refractivity contribution is 5.91. The zero-order chi connectivity index (χ0) is 21.5. The average molecular weight is 420 g/mol. The molecule has 4 rings (SSSR count). The molecular formula is C20H19F3N4O3. The van der Waals surface area contributed by atoms with Gasteiger partial charge in [0, 0.05) is 13.1 Å². The minimum Gasteiger partial charge on any atom is -0.486 e. The first-order chi connectivity index (χ1) is 14.2. The van der Waals surface area contributed by atoms with E-state index >= 15 is 0 Å². The summed E-state index contributed by atoms with van der Waals surface area (Å²) in [5, 5.41) is 6.91. The molecule has 0 saturated carbocycles. The molecule has 30 heavy (non-hydrogen) atoms. The van der Waals surface area contributed by atoms with E-state index in [1.807, 2.05) is 31.2 Å². The largest absolute Gasteiger partial charge is 0.486 e. The first-order valence-electron chi connectivity index (χ1n) is 9.33. The standard InChI is InChI=1S/C20H19F3N4O3/c1-12-4-3-5-14(10-12)29-11-15-6-7-16(30-15)18(28)26-8-9-27-17(13(26)2)24-25-19(27)20(21,22)23/h3-7,10,13H,8-9,11H2,1-2H3. The fourth-order valence-electron chi connectivity index (χ4n) is 3.44. The number of rotatable bonds is 4. The van der Waals surface area contributed by atoms with Crippen LogP contribution in [0.15, 0.2) is 40.8 Å². The SMILES string of the molecule is Cc1cccc(OCc2ccc(C(=O)N3CCn4c(nnc4C(F)(F)F)C3C)o2)c1. The van der Waals surface area contributed by atoms with Crippen LogP contribution in [0, 0.1) is 6.92 Å². The van der Waals surface area contributed by atoms with Crippen molar-refractivity contribution in [2.45, 2.75) is 39.2 Å². The zero-order valence-corrected chi connectivity index (χ0v) is 16.3. The van der Waals surface area contributed by atoms with E-state index < -0.39 is 23.9 Å². The fourth-order valence-corrected chi connectivity index (χ4v) is 3.44. The van der Waals surface area contributed by atoms with Crippen LogP contribution >= 0.6 is 0 Å². The van der Waals surface area contributed by atoms with Crippen molar-refractivity contribution >= 4 is 5.91 Å². The Morgan fingerprint density at radius 2 is 2.03 bits per heavy atom. The molecule has 0 fully saturated rings. The van der Waals surface area contributed by atoms with Gasteiger partial charge in [-0.3, -0.25) is 4.79 Å². The normalized spacial score (nSPS) is 16.4. The fraction of sp³-hybridized carbons (Fsp3) is 0.350. The van der Waals surface area contributed by atoms with E-state index in [2.05, 4.69) is 10.2 Å². The molecule has 0 N–H and O–H groups in total. The number of hydrogen-bond donors (Lipinski definition) is 0. The lowest BCUT2D eigenvalue weighted by atomic mass is 10.2. The van der Waals surface area contributed by atoms with Crippen molar-refractivity contribution in [3.05, 3.63) is 65.1 Å². The van der Waals surface area contributed by atoms with Gasteiger partial charge in [0.2, 0.25) is 5.82 Å². The van der Waals surface area contributed by atoms with Crippen molar-refractivity contribution in [3.8, 4) is 5.75 Å². The molecule has 1 unspecified atom stereocenters. The van der Waals surface area contributed by atoms with Crippen LogP contribution < -0.4 is 4.74 Å². The zero-order valence-electron chi connectivity index (χ0n) is 16.3. The van der Waals surface area contributed by atoms with Crippen LogP contribution in [0.3, 0.4) is 0 Å². The molecular weight excluding hydrogens is 401 g/mol. The Bertz CT molecular complexity index is 1070. The predicted octanol–water partition coefficient (Wildman–Crippen LogP) is 3.99. The molecule has 1 aliphatic heterocycles. The lowest BCUT2D eigenvalue weighted by Crippen LogP contribution is -2.41. The molecule has 0 bridgehead atoms. The lowest BCUT2D eigenvalue weighted by Gasteiger charge is -2.33. The molecule has 158 valence electrons. The summed E-state index contributed by atoms with van der Waals surface area (Å²) in [5.41, 5.74) is 1.06. The number of amides is 1. The number of carbonyl (C=O) groups excluding carboxylic acids is 1. The molecule has 0 spiro atoms. The van der Waals surface area contributed by atoms with Gasteiger partial charge in [-0.05, 0) is 43.7 Å². The maximum absolute atomic E-state index is 13.0. The number of carbonyl (C=O) groups is 1. The summed E-state index contributed by atoms with van der Waals surface area (Å²) in [7, 11) is 0. The average Bonchev–Trinajstić information content (AvgIpc) is 3.33. The summed E-state index contributed by atoms with van der Waals surface area (Å²) in [6.07, 6.45) is -4.59. The van der Waals surface area contributed by atoms with Gasteiger partial charge in [0.05, 0.1) is 6.04 Å². The highest BCUT2D eigenvalue weighted by atomic mass is 19.4. The molecule has 0 radical (unpaired) electrons. The molecule has 1 atom stereocenters. The summed E-state index contributed by atoms with van der Waals surface area (Å²) >= 11 is 0. The minimum atomic E-state index is -4.59. The van der Waals surface area contributed by atoms with Crippen molar-refractivity contribution in [2.24, 2.45) is 0 Å². The van der Waals surface area contributed by atoms with E-state index in [0.717, 1.165) is 10.1 Å². The number of aryl methyl sites for hydroxylation is 1. The van der Waals surface area contributed by atoms with Crippen LogP contribution in [0.25, 0.3) is 0 Å². The molecule has 2 aromatic heterocycles. The molecule has 7 nitrogen and oxygen atoms in total. The highest BCUT2D eigenvalue weighted by Gasteiger charge is 2.42. The van der Waals surface area contributed by atoms with Gasteiger partial charge in [-0.1, -0.05) is 12.1 Å². The van der Waals surface area contributed by atoms with Gasteiger partial charge in [-0.2, -0.15) is 13.2 Å². The van der Waals surface area contributed by atoms with Crippen LogP contribution in [-0.2, 0) is 19.3 Å². The van der Waals surface area contributed by atoms with Gasteiger partial charge in [-0.15, -0.1) is 10.2 Å². The van der Waals surface area contributed by atoms with Crippen LogP contribution in [0.4, 0.5) is 13.2 Å². The van der Waals surface area contributed by atoms with Crippen LogP contribution in [0.2, 0.25) is 0 Å². The third-order valence-electron chi connectivity index (χ3n) is 4.94. The Morgan fingerprint density at radius 3 is 2.77 bits per heavy atom. The van der Waals surface area contributed by atoms with E-state index in [0.29, 0.717) is 11.5 Å². The van der Waals surface area contributed by atoms with Gasteiger partial charge in [0.15, 0.2) is 11.6 Å². The van der Waals surface area contributed by atoms with E-state index in [1.54, 1.807) is 13.0 Å². The van der Waals surface area contributed by atoms with Crippen LogP contribution in [0.5, 0.6) is 5.75 Å². The quantitative estimate of drug-likeness (QED) is 0.638. The Balaban J connectivity index is 1.46. The topological polar surface area (TPSA) is 73.4 Å². The van der Waals surface area contributed by atoms with Crippen molar-refractivity contribution in [1.82, 2.24) is 19.7 Å². The third kappa shape index (κ3) is 3.77. The highest BCUT2D eigenvalue weighted by Crippen LogP contribution is 2.33. The molecule has 0 aliphatic carbocycles. The van der Waals surface area contributed by atoms with Crippen LogP contribution in [0.1, 0.15) is 46.5 Å². The maximum atomic E-state index is 13.0. The predicted molar refractivity (Wildman–Crippen MR) is 98.7 cm³/mol. The molecule has 3 aromatic rings. The van der Waals surface area contributed by atoms with Gasteiger partial charge in [0.1, 0.15) is 18.1 Å². The van der Waals surface area contributed by atoms with E-state index in [9.17, 15) is 18.0 Å². The number of benzene rings is 1. The number of aromatic nitrogens is 3. The molecule has 1 aromatic carbocycles. The molecule has 1 aliphatic rings. The number of hydrogen-bond acceptors (Lipinski definition) is 5. The smallest absolute Gasteiger partial charge is 0.451 e. The Hall–Kier alpha value is -3.30. The van der Waals surface area contributed by atoms with Crippen molar-refractivity contribution in [2.75, 3.05) is 6.54 Å². The second kappa shape index (κ2) is 7.51. The summed E-state index contributed by atoms with van der Waals surface area (Å²) in [6, 6.07) is 10.0. The first-order valence-corrected chi connectivity index (χ1v) is 9.33. The van der Waals surface area contributed by atoms with Crippen molar-refractivity contribution in [1.29, 1.82) is 0 Å². The number of nitrogens with zero attached hydrogens (tertiary/aromatic N) is 4.